The van der Waals surface area contributed by atoms with Gasteiger partial charge in [0.2, 0.25) is 32.6 Å². The minimum atomic E-state index is -4.75. The minimum Gasteiger partial charge on any atom is -0.726 e. The molecule has 0 aliphatic carbocycles. The van der Waals surface area contributed by atoms with Gasteiger partial charge in [0.25, 0.3) is 0 Å². The zero-order valence-electron chi connectivity index (χ0n) is 34.8. The molecule has 0 bridgehead atoms. The third-order valence-electron chi connectivity index (χ3n) is 9.40. The minimum absolute atomic E-state index is 0. The summed E-state index contributed by atoms with van der Waals surface area (Å²) in [5, 5.41) is 0. The first kappa shape index (κ1) is 59.0. The largest absolute Gasteiger partial charge is 1.00 e. The second-order valence-corrected chi connectivity index (χ2v) is 16.3. The zero-order chi connectivity index (χ0) is 38.8. The fraction of sp³-hybridized carbons (Fsp3) is 0.947. The fourth-order valence-corrected chi connectivity index (χ4v) is 7.00. The molecule has 0 unspecified atom stereocenters. The summed E-state index contributed by atoms with van der Waals surface area (Å²) in [5.41, 5.74) is 0. The predicted octanol–water partition coefficient (Wildman–Crippen LogP) is 2.57. The van der Waals surface area contributed by atoms with E-state index in [1.165, 1.54) is 77.0 Å². The Morgan fingerprint density at radius 2 is 0.648 bits per heavy atom. The summed E-state index contributed by atoms with van der Waals surface area (Å²) < 4.78 is 73.4. The molecule has 0 saturated heterocycles. The van der Waals surface area contributed by atoms with Crippen molar-refractivity contribution in [3.8, 4) is 0 Å². The van der Waals surface area contributed by atoms with Crippen LogP contribution in [0, 0.1) is 0 Å². The van der Waals surface area contributed by atoms with Crippen molar-refractivity contribution in [2.45, 2.75) is 194 Å². The molecule has 0 aromatic carbocycles. The van der Waals surface area contributed by atoms with E-state index in [9.17, 15) is 35.5 Å². The Kier molecular flexibility index (Phi) is 44.2. The van der Waals surface area contributed by atoms with Crippen molar-refractivity contribution in [2.75, 3.05) is 39.4 Å². The molecule has 0 aromatic rings. The van der Waals surface area contributed by atoms with E-state index in [1.54, 1.807) is 9.80 Å². The Morgan fingerprint density at radius 3 is 0.926 bits per heavy atom. The second-order valence-electron chi connectivity index (χ2n) is 14.2. The molecule has 0 aliphatic rings. The number of carbonyl (C=O) groups excluding carboxylic acids is 2. The number of hydrogen-bond acceptors (Lipinski definition) is 10. The first-order valence-electron chi connectivity index (χ1n) is 20.7. The van der Waals surface area contributed by atoms with Crippen LogP contribution in [0.25, 0.3) is 0 Å². The third kappa shape index (κ3) is 42.3. The summed E-state index contributed by atoms with van der Waals surface area (Å²) in [6.07, 6.45) is 27.9. The van der Waals surface area contributed by atoms with E-state index in [0.717, 1.165) is 77.0 Å². The number of unbranched alkanes of at least 4 members (excludes halogenated alkanes) is 21. The summed E-state index contributed by atoms with van der Waals surface area (Å²) in [6, 6.07) is 0. The van der Waals surface area contributed by atoms with Crippen LogP contribution in [0.4, 0.5) is 0 Å². The zero-order valence-corrected chi connectivity index (χ0v) is 40.5. The Morgan fingerprint density at radius 1 is 0.407 bits per heavy atom. The summed E-state index contributed by atoms with van der Waals surface area (Å²) in [7, 11) is -9.50. The molecule has 0 N–H and O–H groups in total. The van der Waals surface area contributed by atoms with Crippen molar-refractivity contribution in [1.82, 2.24) is 9.80 Å². The van der Waals surface area contributed by atoms with Crippen LogP contribution in [0.5, 0.6) is 0 Å². The van der Waals surface area contributed by atoms with Gasteiger partial charge in [-0.15, -0.1) is 0 Å². The van der Waals surface area contributed by atoms with Crippen molar-refractivity contribution in [3.63, 3.8) is 0 Å². The van der Waals surface area contributed by atoms with Gasteiger partial charge in [0.1, 0.15) is 0 Å². The molecule has 0 spiro atoms. The molecular formula is C38H74N2Na2O10S2. The number of amides is 2. The fourth-order valence-electron chi connectivity index (χ4n) is 6.36. The Hall–Kier alpha value is 0.680. The van der Waals surface area contributed by atoms with Crippen molar-refractivity contribution < 1.29 is 103 Å². The normalized spacial score (nSPS) is 11.6. The molecule has 0 saturated carbocycles. The van der Waals surface area contributed by atoms with Gasteiger partial charge in [-0.25, -0.2) is 16.8 Å². The molecule has 0 rings (SSSR count). The molecule has 0 aromatic heterocycles. The summed E-state index contributed by atoms with van der Waals surface area (Å²) in [4.78, 5) is 29.5. The van der Waals surface area contributed by atoms with Crippen molar-refractivity contribution >= 4 is 32.6 Å². The average molecular weight is 829 g/mol. The molecule has 54 heavy (non-hydrogen) atoms. The van der Waals surface area contributed by atoms with E-state index in [2.05, 4.69) is 22.2 Å². The van der Waals surface area contributed by atoms with Crippen LogP contribution in [-0.2, 0) is 38.8 Å². The van der Waals surface area contributed by atoms with Gasteiger partial charge >= 0.3 is 59.1 Å². The molecule has 0 aliphatic heterocycles. The molecule has 310 valence electrons. The number of hydrogen-bond donors (Lipinski definition) is 0. The number of carbonyl (C=O) groups is 2. The first-order chi connectivity index (χ1) is 24.9. The molecule has 0 atom stereocenters. The van der Waals surface area contributed by atoms with Crippen LogP contribution in [0.1, 0.15) is 194 Å². The van der Waals surface area contributed by atoms with E-state index >= 15 is 0 Å². The van der Waals surface area contributed by atoms with E-state index in [1.807, 2.05) is 0 Å². The van der Waals surface area contributed by atoms with Gasteiger partial charge in [-0.3, -0.25) is 18.0 Å². The van der Waals surface area contributed by atoms with Crippen LogP contribution < -0.4 is 59.1 Å². The van der Waals surface area contributed by atoms with Crippen LogP contribution in [0.15, 0.2) is 0 Å². The summed E-state index contributed by atoms with van der Waals surface area (Å²) in [6.45, 7) is 5.78. The maximum absolute atomic E-state index is 13.0. The molecule has 12 nitrogen and oxygen atoms in total. The van der Waals surface area contributed by atoms with Crippen LogP contribution in [0.3, 0.4) is 0 Å². The van der Waals surface area contributed by atoms with E-state index < -0.39 is 20.8 Å². The maximum atomic E-state index is 13.0. The Bertz CT molecular complexity index is 1000. The van der Waals surface area contributed by atoms with Crippen LogP contribution in [0.2, 0.25) is 0 Å². The predicted molar refractivity (Wildman–Crippen MR) is 205 cm³/mol. The summed E-state index contributed by atoms with van der Waals surface area (Å²) >= 11 is 0. The Labute approximate surface area is 375 Å². The molecule has 2 amide bonds. The van der Waals surface area contributed by atoms with Crippen LogP contribution >= 0.6 is 0 Å². The van der Waals surface area contributed by atoms with Crippen molar-refractivity contribution in [2.24, 2.45) is 0 Å². The first-order valence-corrected chi connectivity index (χ1v) is 23.3. The molecule has 0 fully saturated rings. The summed E-state index contributed by atoms with van der Waals surface area (Å²) in [5.74, 6) is 0.108. The third-order valence-corrected chi connectivity index (χ3v) is 10.3. The number of nitrogens with zero attached hydrogens (tertiary/aromatic N) is 2. The second kappa shape index (κ2) is 40.5. The molecular weight excluding hydrogens is 755 g/mol. The standard InChI is InChI=1S/C38H76N2O10S2.2Na/c1-3-5-7-9-11-13-15-19-23-29-37(41)39(33-27-35-49-51(43,44)45)31-25-21-17-18-22-26-32-40(34-28-36-50-52(46,47)48)38(42)30-24-20-16-14-12-10-8-6-4-2;;/h3-36H2,1-2H3,(H,43,44,45)(H,46,47,48);;/q;2*+1/p-2. The van der Waals surface area contributed by atoms with E-state index in [-0.39, 0.29) is 97.0 Å². The molecule has 0 radical (unpaired) electrons. The van der Waals surface area contributed by atoms with Gasteiger partial charge < -0.3 is 18.9 Å². The average Bonchev–Trinajstić information content (AvgIpc) is 3.08. The van der Waals surface area contributed by atoms with Gasteiger partial charge in [0.05, 0.1) is 13.2 Å². The van der Waals surface area contributed by atoms with Gasteiger partial charge in [-0.1, -0.05) is 142 Å². The Balaban J connectivity index is -0.0000130. The SMILES string of the molecule is CCCCCCCCCCCC(=O)N(CCCCCCCCN(CCCOS(=O)(=O)[O-])C(=O)CCCCCCCCCCC)CCCOS(=O)(=O)[O-].[Na+].[Na+]. The van der Waals surface area contributed by atoms with Gasteiger partial charge in [-0.05, 0) is 38.5 Å². The maximum Gasteiger partial charge on any atom is 1.00 e. The smallest absolute Gasteiger partial charge is 0.726 e. The molecule has 16 heteroatoms. The number of rotatable bonds is 39. The topological polar surface area (TPSA) is 173 Å². The quantitative estimate of drug-likeness (QED) is 0.0388. The van der Waals surface area contributed by atoms with Crippen molar-refractivity contribution in [1.29, 1.82) is 0 Å². The van der Waals surface area contributed by atoms with Crippen molar-refractivity contribution in [3.05, 3.63) is 0 Å². The monoisotopic (exact) mass is 828 g/mol. The van der Waals surface area contributed by atoms with E-state index in [4.69, 9.17) is 0 Å². The van der Waals surface area contributed by atoms with E-state index in [0.29, 0.717) is 39.0 Å². The molecule has 0 heterocycles. The van der Waals surface area contributed by atoms with Gasteiger partial charge in [-0.2, -0.15) is 0 Å². The van der Waals surface area contributed by atoms with Crippen LogP contribution in [-0.4, -0.2) is 86.9 Å². The van der Waals surface area contributed by atoms with Gasteiger partial charge in [0.15, 0.2) is 0 Å². The van der Waals surface area contributed by atoms with Gasteiger partial charge in [0, 0.05) is 39.0 Å².